The van der Waals surface area contributed by atoms with E-state index < -0.39 is 0 Å². The monoisotopic (exact) mass is 340 g/mol. The molecular weight excluding hydrogens is 319 g/mol. The average molecular weight is 340 g/mol. The lowest BCUT2D eigenvalue weighted by atomic mass is 10.2. The first-order chi connectivity index (χ1) is 12.1. The fourth-order valence-corrected chi connectivity index (χ4v) is 3.32. The third kappa shape index (κ3) is 3.05. The molecule has 6 heteroatoms. The van der Waals surface area contributed by atoms with Crippen LogP contribution in [0, 0.1) is 5.82 Å². The van der Waals surface area contributed by atoms with Crippen molar-refractivity contribution < 1.29 is 9.50 Å². The molecule has 5 nitrogen and oxygen atoms in total. The summed E-state index contributed by atoms with van der Waals surface area (Å²) in [5, 5.41) is 9.41. The molecule has 2 aromatic carbocycles. The summed E-state index contributed by atoms with van der Waals surface area (Å²) in [7, 11) is 0. The van der Waals surface area contributed by atoms with Gasteiger partial charge in [-0.2, -0.15) is 0 Å². The second-order valence-corrected chi connectivity index (χ2v) is 6.37. The molecule has 0 atom stereocenters. The molecule has 1 aliphatic heterocycles. The predicted octanol–water partition coefficient (Wildman–Crippen LogP) is 3.22. The van der Waals surface area contributed by atoms with Crippen LogP contribution in [-0.4, -0.2) is 52.7 Å². The number of nitrogens with zero attached hydrogens (tertiary/aromatic N) is 3. The van der Waals surface area contributed by atoms with E-state index in [1.807, 2.05) is 6.07 Å². The molecule has 2 N–H and O–H groups in total. The van der Waals surface area contributed by atoms with Gasteiger partial charge < -0.3 is 19.9 Å². The van der Waals surface area contributed by atoms with Crippen molar-refractivity contribution in [3.8, 4) is 17.1 Å². The number of aromatic amines is 1. The van der Waals surface area contributed by atoms with Crippen LogP contribution in [0.15, 0.2) is 36.4 Å². The molecule has 0 unspecified atom stereocenters. The molecule has 2 heterocycles. The number of piperazine rings is 1. The summed E-state index contributed by atoms with van der Waals surface area (Å²) in [6, 6.07) is 10.1. The van der Waals surface area contributed by atoms with Crippen molar-refractivity contribution in [3.05, 3.63) is 42.2 Å². The number of imidazole rings is 1. The maximum atomic E-state index is 14.6. The van der Waals surface area contributed by atoms with Gasteiger partial charge in [-0.1, -0.05) is 6.92 Å². The van der Waals surface area contributed by atoms with Crippen LogP contribution in [0.1, 0.15) is 6.92 Å². The number of halogens is 1. The van der Waals surface area contributed by atoms with Crippen LogP contribution in [0.3, 0.4) is 0 Å². The van der Waals surface area contributed by atoms with Gasteiger partial charge in [-0.25, -0.2) is 9.37 Å². The van der Waals surface area contributed by atoms with E-state index in [1.165, 1.54) is 6.07 Å². The first-order valence-corrected chi connectivity index (χ1v) is 8.60. The van der Waals surface area contributed by atoms with Gasteiger partial charge in [0.15, 0.2) is 0 Å². The molecular formula is C19H21FN4O. The van der Waals surface area contributed by atoms with E-state index in [0.717, 1.165) is 43.8 Å². The molecule has 0 spiro atoms. The highest BCUT2D eigenvalue weighted by Crippen LogP contribution is 2.28. The van der Waals surface area contributed by atoms with Crippen LogP contribution >= 0.6 is 0 Å². The molecule has 3 aromatic rings. The Hall–Kier alpha value is -2.60. The largest absolute Gasteiger partial charge is 0.508 e. The number of H-pyrrole nitrogens is 1. The van der Waals surface area contributed by atoms with Crippen LogP contribution in [0.2, 0.25) is 0 Å². The van der Waals surface area contributed by atoms with Gasteiger partial charge in [-0.15, -0.1) is 0 Å². The van der Waals surface area contributed by atoms with Crippen molar-refractivity contribution in [2.24, 2.45) is 0 Å². The fourth-order valence-electron chi connectivity index (χ4n) is 3.32. The lowest BCUT2D eigenvalue weighted by Gasteiger charge is -2.35. The fraction of sp³-hybridized carbons (Fsp3) is 0.316. The van der Waals surface area contributed by atoms with Crippen molar-refractivity contribution in [1.82, 2.24) is 14.9 Å². The number of phenolic OH excluding ortho intramolecular Hbond substituents is 1. The van der Waals surface area contributed by atoms with E-state index >= 15 is 0 Å². The van der Waals surface area contributed by atoms with Crippen LogP contribution in [0.25, 0.3) is 22.4 Å². The Morgan fingerprint density at radius 3 is 2.52 bits per heavy atom. The lowest BCUT2D eigenvalue weighted by molar-refractivity contribution is 0.270. The van der Waals surface area contributed by atoms with Gasteiger partial charge in [0.05, 0.1) is 16.7 Å². The Labute approximate surface area is 145 Å². The number of phenols is 1. The zero-order chi connectivity index (χ0) is 17.4. The summed E-state index contributed by atoms with van der Waals surface area (Å²) in [4.78, 5) is 12.2. The van der Waals surface area contributed by atoms with Crippen LogP contribution in [0.5, 0.6) is 5.75 Å². The van der Waals surface area contributed by atoms with Gasteiger partial charge in [0.1, 0.15) is 17.4 Å². The Kier molecular flexibility index (Phi) is 4.05. The molecule has 130 valence electrons. The van der Waals surface area contributed by atoms with Gasteiger partial charge in [0.25, 0.3) is 0 Å². The number of hydrogen-bond donors (Lipinski definition) is 2. The first-order valence-electron chi connectivity index (χ1n) is 8.60. The van der Waals surface area contributed by atoms with E-state index in [-0.39, 0.29) is 11.6 Å². The Morgan fingerprint density at radius 2 is 1.84 bits per heavy atom. The number of likely N-dealkylation sites (N-methyl/N-ethyl adjacent to an activating group) is 1. The molecule has 25 heavy (non-hydrogen) atoms. The minimum atomic E-state index is -0.224. The summed E-state index contributed by atoms with van der Waals surface area (Å²) in [5.74, 6) is 0.653. The quantitative estimate of drug-likeness (QED) is 0.769. The molecule has 1 saturated heterocycles. The van der Waals surface area contributed by atoms with Gasteiger partial charge in [-0.3, -0.25) is 0 Å². The standard InChI is InChI=1S/C19H21FN4O/c1-2-23-7-9-24(10-8-23)18-12-17-16(11-15(18)20)21-19(22-17)13-3-5-14(25)6-4-13/h3-6,11-12,25H,2,7-10H2,1H3,(H,21,22). The Bertz CT molecular complexity index is 882. The van der Waals surface area contributed by atoms with Crippen molar-refractivity contribution in [2.45, 2.75) is 6.92 Å². The Morgan fingerprint density at radius 1 is 1.12 bits per heavy atom. The SMILES string of the molecule is CCN1CCN(c2cc3nc(-c4ccc(O)cc4)[nH]c3cc2F)CC1. The third-order valence-electron chi connectivity index (χ3n) is 4.85. The van der Waals surface area contributed by atoms with E-state index in [0.29, 0.717) is 17.0 Å². The van der Waals surface area contributed by atoms with Gasteiger partial charge in [0.2, 0.25) is 0 Å². The summed E-state index contributed by atoms with van der Waals surface area (Å²) in [5.41, 5.74) is 2.90. The zero-order valence-corrected chi connectivity index (χ0v) is 14.2. The minimum Gasteiger partial charge on any atom is -0.508 e. The van der Waals surface area contributed by atoms with Gasteiger partial charge in [0, 0.05) is 37.8 Å². The van der Waals surface area contributed by atoms with Gasteiger partial charge >= 0.3 is 0 Å². The molecule has 1 fully saturated rings. The number of anilines is 1. The smallest absolute Gasteiger partial charge is 0.148 e. The molecule has 1 aromatic heterocycles. The molecule has 0 radical (unpaired) electrons. The van der Waals surface area contributed by atoms with E-state index in [1.54, 1.807) is 24.3 Å². The summed E-state index contributed by atoms with van der Waals surface area (Å²) >= 11 is 0. The van der Waals surface area contributed by atoms with E-state index in [2.05, 4.69) is 26.7 Å². The highest BCUT2D eigenvalue weighted by molar-refractivity contribution is 5.83. The highest BCUT2D eigenvalue weighted by atomic mass is 19.1. The predicted molar refractivity (Wildman–Crippen MR) is 97.5 cm³/mol. The maximum Gasteiger partial charge on any atom is 0.148 e. The number of benzene rings is 2. The number of aromatic hydroxyl groups is 1. The van der Waals surface area contributed by atoms with Crippen molar-refractivity contribution >= 4 is 16.7 Å². The van der Waals surface area contributed by atoms with Gasteiger partial charge in [-0.05, 0) is 36.9 Å². The first kappa shape index (κ1) is 15.9. The topological polar surface area (TPSA) is 55.4 Å². The van der Waals surface area contributed by atoms with E-state index in [9.17, 15) is 9.50 Å². The van der Waals surface area contributed by atoms with Crippen molar-refractivity contribution in [2.75, 3.05) is 37.6 Å². The zero-order valence-electron chi connectivity index (χ0n) is 14.2. The number of rotatable bonds is 3. The Balaban J connectivity index is 1.66. The number of fused-ring (bicyclic) bond motifs is 1. The molecule has 0 bridgehead atoms. The normalized spacial score (nSPS) is 15.8. The number of hydrogen-bond acceptors (Lipinski definition) is 4. The average Bonchev–Trinajstić information content (AvgIpc) is 3.04. The second kappa shape index (κ2) is 6.37. The van der Waals surface area contributed by atoms with E-state index in [4.69, 9.17) is 0 Å². The molecule has 1 aliphatic rings. The lowest BCUT2D eigenvalue weighted by Crippen LogP contribution is -2.46. The second-order valence-electron chi connectivity index (χ2n) is 6.37. The molecule has 0 aliphatic carbocycles. The molecule has 0 amide bonds. The van der Waals surface area contributed by atoms with Crippen LogP contribution in [-0.2, 0) is 0 Å². The summed E-state index contributed by atoms with van der Waals surface area (Å²) < 4.78 is 14.6. The summed E-state index contributed by atoms with van der Waals surface area (Å²) in [6.45, 7) is 6.74. The molecule has 4 rings (SSSR count). The van der Waals surface area contributed by atoms with Crippen LogP contribution in [0.4, 0.5) is 10.1 Å². The number of nitrogens with one attached hydrogen (secondary N) is 1. The van der Waals surface area contributed by atoms with Crippen molar-refractivity contribution in [3.63, 3.8) is 0 Å². The van der Waals surface area contributed by atoms with Crippen LogP contribution < -0.4 is 4.90 Å². The maximum absolute atomic E-state index is 14.6. The highest BCUT2D eigenvalue weighted by Gasteiger charge is 2.20. The minimum absolute atomic E-state index is 0.208. The molecule has 0 saturated carbocycles. The summed E-state index contributed by atoms with van der Waals surface area (Å²) in [6.07, 6.45) is 0. The van der Waals surface area contributed by atoms with Crippen molar-refractivity contribution in [1.29, 1.82) is 0 Å². The number of aromatic nitrogens is 2. The third-order valence-corrected chi connectivity index (χ3v) is 4.85.